The third kappa shape index (κ3) is 4.59. The van der Waals surface area contributed by atoms with Crippen LogP contribution in [-0.4, -0.2) is 29.7 Å². The molecule has 0 radical (unpaired) electrons. The number of aromatic nitrogens is 1. The molecule has 28 heavy (non-hydrogen) atoms. The fraction of sp³-hybridized carbons (Fsp3) is 0.333. The summed E-state index contributed by atoms with van der Waals surface area (Å²) in [5.41, 5.74) is 3.50. The van der Waals surface area contributed by atoms with Crippen molar-refractivity contribution in [2.75, 3.05) is 13.2 Å². The van der Waals surface area contributed by atoms with Crippen molar-refractivity contribution in [2.24, 2.45) is 0 Å². The first kappa shape index (κ1) is 20.5. The van der Waals surface area contributed by atoms with Crippen molar-refractivity contribution >= 4 is 35.2 Å². The number of nitrogens with zero attached hydrogens (tertiary/aromatic N) is 2. The van der Waals surface area contributed by atoms with Gasteiger partial charge < -0.3 is 14.6 Å². The summed E-state index contributed by atoms with van der Waals surface area (Å²) in [5.74, 6) is -0.395. The lowest BCUT2D eigenvalue weighted by Gasteiger charge is -2.11. The van der Waals surface area contributed by atoms with Gasteiger partial charge in [-0.05, 0) is 62.6 Å². The van der Waals surface area contributed by atoms with Crippen molar-refractivity contribution in [3.63, 3.8) is 0 Å². The molecule has 146 valence electrons. The third-order valence-electron chi connectivity index (χ3n) is 4.75. The highest BCUT2D eigenvalue weighted by Crippen LogP contribution is 2.27. The second-order valence-corrected chi connectivity index (χ2v) is 7.68. The predicted molar refractivity (Wildman–Crippen MR) is 111 cm³/mol. The number of halogens is 2. The molecule has 1 saturated heterocycles. The van der Waals surface area contributed by atoms with E-state index in [0.29, 0.717) is 16.6 Å². The highest BCUT2D eigenvalue weighted by Gasteiger charge is 2.18. The molecular formula is C21H21Cl2N3O2. The molecule has 1 aromatic carbocycles. The molecule has 0 bridgehead atoms. The molecule has 1 fully saturated rings. The molecular weight excluding hydrogens is 397 g/mol. The average molecular weight is 418 g/mol. The molecule has 1 aliphatic rings. The zero-order valence-corrected chi connectivity index (χ0v) is 17.3. The minimum Gasteiger partial charge on any atom is -0.376 e. The quantitative estimate of drug-likeness (QED) is 0.570. The first-order valence-corrected chi connectivity index (χ1v) is 9.81. The normalized spacial score (nSPS) is 16.8. The van der Waals surface area contributed by atoms with Gasteiger partial charge in [0.05, 0.1) is 6.10 Å². The summed E-state index contributed by atoms with van der Waals surface area (Å²) in [6, 6.07) is 9.24. The summed E-state index contributed by atoms with van der Waals surface area (Å²) in [5, 5.41) is 13.3. The van der Waals surface area contributed by atoms with Crippen molar-refractivity contribution in [1.29, 1.82) is 5.26 Å². The van der Waals surface area contributed by atoms with Crippen LogP contribution in [0.2, 0.25) is 10.0 Å². The van der Waals surface area contributed by atoms with Crippen molar-refractivity contribution < 1.29 is 9.53 Å². The monoisotopic (exact) mass is 417 g/mol. The highest BCUT2D eigenvalue weighted by molar-refractivity contribution is 6.34. The molecule has 7 heteroatoms. The Morgan fingerprint density at radius 1 is 1.32 bits per heavy atom. The van der Waals surface area contributed by atoms with Crippen molar-refractivity contribution in [1.82, 2.24) is 9.88 Å². The van der Waals surface area contributed by atoms with E-state index in [4.69, 9.17) is 27.9 Å². The van der Waals surface area contributed by atoms with Crippen LogP contribution in [0.25, 0.3) is 11.8 Å². The number of benzene rings is 1. The molecule has 1 N–H and O–H groups in total. The first-order valence-electron chi connectivity index (χ1n) is 9.06. The number of nitriles is 1. The topological polar surface area (TPSA) is 67.1 Å². The Balaban J connectivity index is 1.86. The van der Waals surface area contributed by atoms with E-state index in [1.807, 2.05) is 42.7 Å². The zero-order chi connectivity index (χ0) is 20.3. The summed E-state index contributed by atoms with van der Waals surface area (Å²) < 4.78 is 7.49. The minimum atomic E-state index is -0.395. The van der Waals surface area contributed by atoms with E-state index in [9.17, 15) is 10.1 Å². The van der Waals surface area contributed by atoms with Gasteiger partial charge in [-0.1, -0.05) is 23.2 Å². The molecule has 1 aliphatic heterocycles. The maximum atomic E-state index is 12.4. The van der Waals surface area contributed by atoms with E-state index < -0.39 is 5.91 Å². The summed E-state index contributed by atoms with van der Waals surface area (Å²) in [4.78, 5) is 12.4. The van der Waals surface area contributed by atoms with Crippen LogP contribution in [0.4, 0.5) is 0 Å². The molecule has 0 aliphatic carbocycles. The first-order chi connectivity index (χ1) is 13.4. The zero-order valence-electron chi connectivity index (χ0n) is 15.8. The Hall–Kier alpha value is -2.26. The van der Waals surface area contributed by atoms with Gasteiger partial charge in [-0.2, -0.15) is 5.26 Å². The Labute approximate surface area is 174 Å². The van der Waals surface area contributed by atoms with Gasteiger partial charge in [-0.15, -0.1) is 0 Å². The number of rotatable bonds is 5. The fourth-order valence-corrected chi connectivity index (χ4v) is 3.93. The summed E-state index contributed by atoms with van der Waals surface area (Å²) in [6.07, 6.45) is 3.56. The van der Waals surface area contributed by atoms with E-state index >= 15 is 0 Å². The molecule has 0 unspecified atom stereocenters. The van der Waals surface area contributed by atoms with Gasteiger partial charge in [0.15, 0.2) is 0 Å². The predicted octanol–water partition coefficient (Wildman–Crippen LogP) is 4.60. The molecule has 1 aromatic heterocycles. The van der Waals surface area contributed by atoms with Crippen molar-refractivity contribution in [3.05, 3.63) is 56.8 Å². The molecule has 0 saturated carbocycles. The van der Waals surface area contributed by atoms with Gasteiger partial charge in [-0.3, -0.25) is 4.79 Å². The van der Waals surface area contributed by atoms with Gasteiger partial charge in [-0.25, -0.2) is 0 Å². The maximum absolute atomic E-state index is 12.4. The van der Waals surface area contributed by atoms with Crippen LogP contribution in [0.15, 0.2) is 29.8 Å². The number of hydrogen-bond acceptors (Lipinski definition) is 3. The molecule has 2 aromatic rings. The van der Waals surface area contributed by atoms with Crippen LogP contribution in [-0.2, 0) is 9.53 Å². The number of carbonyl (C=O) groups is 1. The number of amides is 1. The maximum Gasteiger partial charge on any atom is 0.262 e. The largest absolute Gasteiger partial charge is 0.376 e. The van der Waals surface area contributed by atoms with Crippen LogP contribution in [0.3, 0.4) is 0 Å². The number of nitrogens with one attached hydrogen (secondary N) is 1. The van der Waals surface area contributed by atoms with E-state index in [1.54, 1.807) is 12.1 Å². The molecule has 5 nitrogen and oxygen atoms in total. The lowest BCUT2D eigenvalue weighted by atomic mass is 10.1. The fourth-order valence-electron chi connectivity index (χ4n) is 3.41. The van der Waals surface area contributed by atoms with E-state index in [2.05, 4.69) is 5.32 Å². The second kappa shape index (κ2) is 8.83. The van der Waals surface area contributed by atoms with Gasteiger partial charge in [0.2, 0.25) is 0 Å². The van der Waals surface area contributed by atoms with Gasteiger partial charge in [0, 0.05) is 40.3 Å². The second-order valence-electron chi connectivity index (χ2n) is 6.80. The van der Waals surface area contributed by atoms with Crippen LogP contribution in [0.1, 0.15) is 29.8 Å². The summed E-state index contributed by atoms with van der Waals surface area (Å²) >= 11 is 12.3. The van der Waals surface area contributed by atoms with Crippen LogP contribution < -0.4 is 5.32 Å². The summed E-state index contributed by atoms with van der Waals surface area (Å²) in [7, 11) is 0. The SMILES string of the molecule is Cc1cc(/C=C(\C#N)C(=O)NC[C@@H]2CCCO2)c(C)n1-c1cc(Cl)cc(Cl)c1. The van der Waals surface area contributed by atoms with E-state index in [-0.39, 0.29) is 11.7 Å². The molecule has 0 spiro atoms. The Kier molecular flexibility index (Phi) is 6.46. The lowest BCUT2D eigenvalue weighted by Crippen LogP contribution is -2.32. The number of hydrogen-bond donors (Lipinski definition) is 1. The smallest absolute Gasteiger partial charge is 0.262 e. The van der Waals surface area contributed by atoms with Crippen molar-refractivity contribution in [2.45, 2.75) is 32.8 Å². The Bertz CT molecular complexity index is 947. The van der Waals surface area contributed by atoms with E-state index in [1.165, 1.54) is 0 Å². The molecule has 3 rings (SSSR count). The van der Waals surface area contributed by atoms with Crippen LogP contribution in [0.5, 0.6) is 0 Å². The van der Waals surface area contributed by atoms with E-state index in [0.717, 1.165) is 42.1 Å². The Morgan fingerprint density at radius 2 is 2.04 bits per heavy atom. The number of ether oxygens (including phenoxy) is 1. The Morgan fingerprint density at radius 3 is 2.64 bits per heavy atom. The van der Waals surface area contributed by atoms with Gasteiger partial charge in [0.1, 0.15) is 11.6 Å². The van der Waals surface area contributed by atoms with Gasteiger partial charge in [0.25, 0.3) is 5.91 Å². The number of carbonyl (C=O) groups excluding carboxylic acids is 1. The number of aryl methyl sites for hydroxylation is 1. The lowest BCUT2D eigenvalue weighted by molar-refractivity contribution is -0.117. The van der Waals surface area contributed by atoms with Crippen LogP contribution in [0, 0.1) is 25.2 Å². The third-order valence-corrected chi connectivity index (χ3v) is 5.19. The van der Waals surface area contributed by atoms with Crippen LogP contribution >= 0.6 is 23.2 Å². The highest BCUT2D eigenvalue weighted by atomic mass is 35.5. The standard InChI is InChI=1S/C21H21Cl2N3O2/c1-13-6-15(14(2)26(13)19-9-17(22)8-18(23)10-19)7-16(11-24)21(27)25-12-20-4-3-5-28-20/h6-10,20H,3-5,12H2,1-2H3,(H,25,27)/b16-7+/t20-/m0/s1. The summed E-state index contributed by atoms with van der Waals surface area (Å²) in [6.45, 7) is 5.01. The minimum absolute atomic E-state index is 0.0292. The molecule has 1 atom stereocenters. The van der Waals surface area contributed by atoms with Crippen molar-refractivity contribution in [3.8, 4) is 11.8 Å². The average Bonchev–Trinajstić information content (AvgIpc) is 3.24. The van der Waals surface area contributed by atoms with Gasteiger partial charge >= 0.3 is 0 Å². The molecule has 1 amide bonds. The molecule has 2 heterocycles.